The number of benzene rings is 2. The second-order valence-electron chi connectivity index (χ2n) is 8.05. The summed E-state index contributed by atoms with van der Waals surface area (Å²) in [4.78, 5) is 41.7. The van der Waals surface area contributed by atoms with E-state index in [1.54, 1.807) is 39.2 Å². The first-order valence-corrected chi connectivity index (χ1v) is 11.7. The number of esters is 2. The Morgan fingerprint density at radius 1 is 0.917 bits per heavy atom. The normalized spacial score (nSPS) is 11.0. The summed E-state index contributed by atoms with van der Waals surface area (Å²) in [5.41, 5.74) is 0.587. The van der Waals surface area contributed by atoms with Gasteiger partial charge in [0.1, 0.15) is 23.5 Å². The van der Waals surface area contributed by atoms with Crippen LogP contribution in [0.1, 0.15) is 38.6 Å². The number of hydrogen-bond donors (Lipinski definition) is 1. The predicted octanol–water partition coefficient (Wildman–Crippen LogP) is 4.38. The largest absolute Gasteiger partial charge is 0.464 e. The summed E-state index contributed by atoms with van der Waals surface area (Å²) in [6, 6.07) is 14.7. The van der Waals surface area contributed by atoms with E-state index in [1.165, 1.54) is 6.92 Å². The van der Waals surface area contributed by atoms with Crippen molar-refractivity contribution in [3.8, 4) is 22.8 Å². The predicted molar refractivity (Wildman–Crippen MR) is 131 cm³/mol. The number of carbonyl (C=O) groups excluding carboxylic acids is 3. The van der Waals surface area contributed by atoms with Crippen LogP contribution in [0.3, 0.4) is 0 Å². The minimum atomic E-state index is -1.92. The van der Waals surface area contributed by atoms with Crippen molar-refractivity contribution in [1.29, 1.82) is 0 Å². The summed E-state index contributed by atoms with van der Waals surface area (Å²) < 4.78 is 21.4. The van der Waals surface area contributed by atoms with E-state index < -0.39 is 23.4 Å². The number of aryl methyl sites for hydroxylation is 2. The Labute approximate surface area is 209 Å². The topological polar surface area (TPSA) is 117 Å². The fourth-order valence-electron chi connectivity index (χ4n) is 3.64. The zero-order valence-corrected chi connectivity index (χ0v) is 20.8. The van der Waals surface area contributed by atoms with Gasteiger partial charge in [0.2, 0.25) is 11.4 Å². The van der Waals surface area contributed by atoms with Crippen molar-refractivity contribution < 1.29 is 33.0 Å². The molecular formula is C27H30N2O7. The van der Waals surface area contributed by atoms with Gasteiger partial charge >= 0.3 is 11.9 Å². The molecule has 1 aromatic heterocycles. The van der Waals surface area contributed by atoms with Crippen molar-refractivity contribution >= 4 is 17.8 Å². The summed E-state index contributed by atoms with van der Waals surface area (Å²) in [5, 5.41) is 2.47. The quantitative estimate of drug-likeness (QED) is 0.308. The van der Waals surface area contributed by atoms with Gasteiger partial charge in [0.15, 0.2) is 5.89 Å². The van der Waals surface area contributed by atoms with Crippen LogP contribution in [0.2, 0.25) is 0 Å². The van der Waals surface area contributed by atoms with Crippen molar-refractivity contribution in [2.24, 2.45) is 0 Å². The van der Waals surface area contributed by atoms with Gasteiger partial charge in [0.05, 0.1) is 13.2 Å². The van der Waals surface area contributed by atoms with E-state index in [4.69, 9.17) is 18.6 Å². The zero-order valence-electron chi connectivity index (χ0n) is 20.8. The Balaban J connectivity index is 1.69. The first-order chi connectivity index (χ1) is 17.3. The summed E-state index contributed by atoms with van der Waals surface area (Å²) in [6.45, 7) is 6.40. The molecule has 1 N–H and O–H groups in total. The second kappa shape index (κ2) is 12.0. The molecule has 2 aromatic carbocycles. The average Bonchev–Trinajstić information content (AvgIpc) is 3.29. The number of nitrogens with zero attached hydrogens (tertiary/aromatic N) is 1. The lowest BCUT2D eigenvalue weighted by Gasteiger charge is -2.29. The third-order valence-electron chi connectivity index (χ3n) is 5.35. The highest BCUT2D eigenvalue weighted by Crippen LogP contribution is 2.27. The third kappa shape index (κ3) is 6.50. The Morgan fingerprint density at radius 3 is 1.94 bits per heavy atom. The third-order valence-corrected chi connectivity index (χ3v) is 5.35. The highest BCUT2D eigenvalue weighted by molar-refractivity contribution is 6.07. The van der Waals surface area contributed by atoms with Gasteiger partial charge in [-0.1, -0.05) is 12.1 Å². The first kappa shape index (κ1) is 26.5. The van der Waals surface area contributed by atoms with E-state index in [0.29, 0.717) is 23.8 Å². The Hall–Kier alpha value is -4.14. The lowest BCUT2D eigenvalue weighted by molar-refractivity contribution is -0.168. The van der Waals surface area contributed by atoms with Crippen molar-refractivity contribution in [2.75, 3.05) is 13.2 Å². The number of rotatable bonds is 11. The molecule has 0 spiro atoms. The standard InChI is InChI=1S/C27H30N2O7/c1-5-33-25(31)27(29-18(3)30,26(32)34-6-2)16-15-20-7-11-22(12-8-20)36-23-13-9-21(10-14-23)24-17-35-19(4)28-24/h7-14,17H,5-6,15-16H2,1-4H3,(H,29,30). The van der Waals surface area contributed by atoms with E-state index in [9.17, 15) is 14.4 Å². The van der Waals surface area contributed by atoms with E-state index >= 15 is 0 Å². The molecule has 0 aliphatic carbocycles. The Kier molecular flexibility index (Phi) is 8.83. The summed E-state index contributed by atoms with van der Waals surface area (Å²) in [7, 11) is 0. The van der Waals surface area contributed by atoms with Crippen LogP contribution < -0.4 is 10.1 Å². The number of hydrogen-bond acceptors (Lipinski definition) is 8. The van der Waals surface area contributed by atoms with Gasteiger partial charge < -0.3 is 23.9 Å². The Bertz CT molecular complexity index is 1170. The molecule has 190 valence electrons. The van der Waals surface area contributed by atoms with Gasteiger partial charge in [-0.2, -0.15) is 0 Å². The van der Waals surface area contributed by atoms with Crippen LogP contribution in [0.4, 0.5) is 0 Å². The molecule has 0 aliphatic heterocycles. The number of nitrogens with one attached hydrogen (secondary N) is 1. The molecule has 9 nitrogen and oxygen atoms in total. The molecule has 0 saturated heterocycles. The van der Waals surface area contributed by atoms with Crippen molar-refractivity contribution in [1.82, 2.24) is 10.3 Å². The number of amides is 1. The maximum atomic E-state index is 12.7. The molecular weight excluding hydrogens is 464 g/mol. The lowest BCUT2D eigenvalue weighted by atomic mass is 9.90. The summed E-state index contributed by atoms with van der Waals surface area (Å²) in [6.07, 6.45) is 1.89. The SMILES string of the molecule is CCOC(=O)C(CCc1ccc(Oc2ccc(-c3coc(C)n3)cc2)cc1)(NC(C)=O)C(=O)OCC. The van der Waals surface area contributed by atoms with Crippen molar-refractivity contribution in [3.63, 3.8) is 0 Å². The molecule has 0 bridgehead atoms. The van der Waals surface area contributed by atoms with Crippen molar-refractivity contribution in [3.05, 3.63) is 66.2 Å². The zero-order chi connectivity index (χ0) is 26.1. The highest BCUT2D eigenvalue weighted by atomic mass is 16.6. The molecule has 9 heteroatoms. The van der Waals surface area contributed by atoms with Crippen LogP contribution in [-0.4, -0.2) is 41.6 Å². The fraction of sp³-hybridized carbons (Fsp3) is 0.333. The van der Waals surface area contributed by atoms with E-state index in [1.807, 2.05) is 36.4 Å². The number of oxazole rings is 1. The van der Waals surface area contributed by atoms with Gasteiger partial charge in [0.25, 0.3) is 0 Å². The van der Waals surface area contributed by atoms with E-state index in [-0.39, 0.29) is 19.6 Å². The average molecular weight is 495 g/mol. The van der Waals surface area contributed by atoms with Gasteiger partial charge in [0, 0.05) is 19.4 Å². The van der Waals surface area contributed by atoms with E-state index in [0.717, 1.165) is 16.8 Å². The van der Waals surface area contributed by atoms with Crippen LogP contribution in [-0.2, 0) is 30.3 Å². The molecule has 3 rings (SSSR count). The van der Waals surface area contributed by atoms with Gasteiger partial charge in [-0.3, -0.25) is 4.79 Å². The smallest absolute Gasteiger partial charge is 0.343 e. The molecule has 0 radical (unpaired) electrons. The van der Waals surface area contributed by atoms with Crippen molar-refractivity contribution in [2.45, 2.75) is 46.1 Å². The summed E-state index contributed by atoms with van der Waals surface area (Å²) in [5.74, 6) is -0.354. The molecule has 0 unspecified atom stereocenters. The molecule has 1 heterocycles. The Morgan fingerprint density at radius 2 is 1.47 bits per heavy atom. The number of aromatic nitrogens is 1. The molecule has 3 aromatic rings. The molecule has 36 heavy (non-hydrogen) atoms. The van der Waals surface area contributed by atoms with Crippen LogP contribution in [0, 0.1) is 6.92 Å². The molecule has 0 saturated carbocycles. The fourth-order valence-corrected chi connectivity index (χ4v) is 3.64. The lowest BCUT2D eigenvalue weighted by Crippen LogP contribution is -2.61. The van der Waals surface area contributed by atoms with Crippen LogP contribution in [0.25, 0.3) is 11.3 Å². The minimum Gasteiger partial charge on any atom is -0.464 e. The maximum absolute atomic E-state index is 12.7. The first-order valence-electron chi connectivity index (χ1n) is 11.7. The highest BCUT2D eigenvalue weighted by Gasteiger charge is 2.49. The minimum absolute atomic E-state index is 0.0204. The number of ether oxygens (including phenoxy) is 3. The maximum Gasteiger partial charge on any atom is 0.343 e. The van der Waals surface area contributed by atoms with E-state index in [2.05, 4.69) is 10.3 Å². The van der Waals surface area contributed by atoms with Gasteiger partial charge in [-0.15, -0.1) is 0 Å². The van der Waals surface area contributed by atoms with Gasteiger partial charge in [-0.25, -0.2) is 14.6 Å². The van der Waals surface area contributed by atoms with Crippen LogP contribution >= 0.6 is 0 Å². The second-order valence-corrected chi connectivity index (χ2v) is 8.05. The molecule has 1 amide bonds. The molecule has 0 aliphatic rings. The monoisotopic (exact) mass is 494 g/mol. The van der Waals surface area contributed by atoms with Crippen LogP contribution in [0.5, 0.6) is 11.5 Å². The molecule has 0 fully saturated rings. The van der Waals surface area contributed by atoms with Crippen LogP contribution in [0.15, 0.2) is 59.2 Å². The summed E-state index contributed by atoms with van der Waals surface area (Å²) >= 11 is 0. The number of carbonyl (C=O) groups is 3. The van der Waals surface area contributed by atoms with Gasteiger partial charge in [-0.05, 0) is 68.7 Å². The molecule has 0 atom stereocenters.